The van der Waals surface area contributed by atoms with E-state index in [4.69, 9.17) is 9.84 Å². The van der Waals surface area contributed by atoms with Gasteiger partial charge in [-0.1, -0.05) is 121 Å². The standard InChI is InChI=1S/C34H60O4/c1-3-5-6-7-8-9-10-11-12-13-14-18-21-24-27-31-34(37)38-32(28-4-2)29-25-22-19-16-15-17-20-23-26-30-33(35)36/h5-6,8-9,11-12,32H,3-4,7,10,13-31H2,1-2H3,(H,35,36)/b6-5-,9-8-,12-11-. The van der Waals surface area contributed by atoms with Crippen molar-refractivity contribution in [3.63, 3.8) is 0 Å². The highest BCUT2D eigenvalue weighted by Crippen LogP contribution is 2.17. The van der Waals surface area contributed by atoms with Crippen LogP contribution in [0.2, 0.25) is 0 Å². The first-order valence-corrected chi connectivity index (χ1v) is 16.0. The van der Waals surface area contributed by atoms with E-state index in [0.29, 0.717) is 12.8 Å². The molecule has 220 valence electrons. The van der Waals surface area contributed by atoms with Gasteiger partial charge >= 0.3 is 11.9 Å². The van der Waals surface area contributed by atoms with Gasteiger partial charge in [-0.2, -0.15) is 0 Å². The fourth-order valence-corrected chi connectivity index (χ4v) is 4.60. The Morgan fingerprint density at radius 2 is 1.11 bits per heavy atom. The Labute approximate surface area is 235 Å². The molecule has 0 radical (unpaired) electrons. The molecule has 0 amide bonds. The Balaban J connectivity index is 3.64. The SMILES string of the molecule is CC/C=C\C/C=C\C/C=C\CCCCCCCC(=O)OC(CCC)CCCCCCCCCCCC(=O)O. The summed E-state index contributed by atoms with van der Waals surface area (Å²) in [5, 5.41) is 8.65. The van der Waals surface area contributed by atoms with Crippen molar-refractivity contribution in [1.29, 1.82) is 0 Å². The van der Waals surface area contributed by atoms with Crippen LogP contribution in [0.25, 0.3) is 0 Å². The van der Waals surface area contributed by atoms with Gasteiger partial charge in [0.2, 0.25) is 0 Å². The van der Waals surface area contributed by atoms with Crippen molar-refractivity contribution in [3.8, 4) is 0 Å². The van der Waals surface area contributed by atoms with Crippen LogP contribution in [0, 0.1) is 0 Å². The van der Waals surface area contributed by atoms with E-state index in [2.05, 4.69) is 50.3 Å². The summed E-state index contributed by atoms with van der Waals surface area (Å²) in [4.78, 5) is 22.8. The van der Waals surface area contributed by atoms with Crippen LogP contribution in [0.1, 0.15) is 162 Å². The smallest absolute Gasteiger partial charge is 0.306 e. The molecule has 1 unspecified atom stereocenters. The lowest BCUT2D eigenvalue weighted by molar-refractivity contribution is -0.150. The molecule has 4 nitrogen and oxygen atoms in total. The third-order valence-corrected chi connectivity index (χ3v) is 6.86. The monoisotopic (exact) mass is 532 g/mol. The van der Waals surface area contributed by atoms with E-state index in [1.54, 1.807) is 0 Å². The number of carbonyl (C=O) groups excluding carboxylic acids is 1. The molecule has 38 heavy (non-hydrogen) atoms. The number of esters is 1. The quantitative estimate of drug-likeness (QED) is 0.0618. The number of rotatable bonds is 28. The molecule has 1 atom stereocenters. The number of carboxylic acid groups (broad SMARTS) is 1. The van der Waals surface area contributed by atoms with Gasteiger partial charge in [-0.15, -0.1) is 0 Å². The molecule has 0 bridgehead atoms. The van der Waals surface area contributed by atoms with E-state index < -0.39 is 5.97 Å². The van der Waals surface area contributed by atoms with Crippen molar-refractivity contribution in [2.45, 2.75) is 168 Å². The minimum Gasteiger partial charge on any atom is -0.481 e. The highest BCUT2D eigenvalue weighted by atomic mass is 16.5. The molecule has 0 aromatic rings. The molecule has 0 rings (SSSR count). The van der Waals surface area contributed by atoms with Crippen molar-refractivity contribution in [2.75, 3.05) is 0 Å². The lowest BCUT2D eigenvalue weighted by Crippen LogP contribution is -2.18. The maximum absolute atomic E-state index is 12.3. The zero-order valence-corrected chi connectivity index (χ0v) is 25.0. The van der Waals surface area contributed by atoms with E-state index in [1.807, 2.05) is 0 Å². The minimum absolute atomic E-state index is 0.00693. The highest BCUT2D eigenvalue weighted by Gasteiger charge is 2.13. The fraction of sp³-hybridized carbons (Fsp3) is 0.765. The molecule has 0 saturated carbocycles. The van der Waals surface area contributed by atoms with Gasteiger partial charge in [0.05, 0.1) is 0 Å². The van der Waals surface area contributed by atoms with Crippen LogP contribution < -0.4 is 0 Å². The highest BCUT2D eigenvalue weighted by molar-refractivity contribution is 5.69. The number of aliphatic carboxylic acids is 1. The Hall–Kier alpha value is -1.84. The molecule has 0 aliphatic carbocycles. The third kappa shape index (κ3) is 28.7. The largest absolute Gasteiger partial charge is 0.481 e. The van der Waals surface area contributed by atoms with Crippen molar-refractivity contribution >= 4 is 11.9 Å². The van der Waals surface area contributed by atoms with Gasteiger partial charge in [0.25, 0.3) is 0 Å². The molecule has 0 saturated heterocycles. The Morgan fingerprint density at radius 1 is 0.605 bits per heavy atom. The Kier molecular flexibility index (Phi) is 28.3. The van der Waals surface area contributed by atoms with Crippen LogP contribution in [-0.4, -0.2) is 23.1 Å². The summed E-state index contributed by atoms with van der Waals surface area (Å²) in [5.74, 6) is -0.690. The zero-order chi connectivity index (χ0) is 27.9. The summed E-state index contributed by atoms with van der Waals surface area (Å²) < 4.78 is 5.81. The molecule has 0 heterocycles. The second-order valence-corrected chi connectivity index (χ2v) is 10.6. The van der Waals surface area contributed by atoms with Gasteiger partial charge in [-0.3, -0.25) is 9.59 Å². The van der Waals surface area contributed by atoms with Crippen LogP contribution in [0.5, 0.6) is 0 Å². The van der Waals surface area contributed by atoms with E-state index in [1.165, 1.54) is 51.4 Å². The average Bonchev–Trinajstić information content (AvgIpc) is 2.89. The number of unbranched alkanes of at least 4 members (excludes halogenated alkanes) is 13. The fourth-order valence-electron chi connectivity index (χ4n) is 4.60. The normalized spacial score (nSPS) is 12.7. The number of carbonyl (C=O) groups is 2. The van der Waals surface area contributed by atoms with Crippen molar-refractivity contribution < 1.29 is 19.4 Å². The minimum atomic E-state index is -0.683. The topological polar surface area (TPSA) is 63.6 Å². The molecule has 0 aromatic carbocycles. The number of carboxylic acids is 1. The molecule has 0 aromatic heterocycles. The number of ether oxygens (including phenoxy) is 1. The van der Waals surface area contributed by atoms with Crippen LogP contribution >= 0.6 is 0 Å². The summed E-state index contributed by atoms with van der Waals surface area (Å²) in [6.45, 7) is 4.32. The first-order valence-electron chi connectivity index (χ1n) is 16.0. The predicted molar refractivity (Wildman–Crippen MR) is 162 cm³/mol. The van der Waals surface area contributed by atoms with Crippen LogP contribution in [0.4, 0.5) is 0 Å². The zero-order valence-electron chi connectivity index (χ0n) is 25.0. The van der Waals surface area contributed by atoms with Crippen molar-refractivity contribution in [3.05, 3.63) is 36.5 Å². The molecule has 0 aliphatic rings. The number of hydrogen-bond acceptors (Lipinski definition) is 3. The lowest BCUT2D eigenvalue weighted by Gasteiger charge is -2.17. The first-order chi connectivity index (χ1) is 18.6. The van der Waals surface area contributed by atoms with Crippen LogP contribution in [0.15, 0.2) is 36.5 Å². The van der Waals surface area contributed by atoms with Gasteiger partial charge in [0, 0.05) is 12.8 Å². The van der Waals surface area contributed by atoms with E-state index >= 15 is 0 Å². The summed E-state index contributed by atoms with van der Waals surface area (Å²) in [7, 11) is 0. The molecule has 4 heteroatoms. The van der Waals surface area contributed by atoms with Crippen molar-refractivity contribution in [2.24, 2.45) is 0 Å². The van der Waals surface area contributed by atoms with E-state index in [0.717, 1.165) is 83.5 Å². The first kappa shape index (κ1) is 36.2. The molecular weight excluding hydrogens is 472 g/mol. The number of allylic oxidation sites excluding steroid dienone is 6. The van der Waals surface area contributed by atoms with Crippen LogP contribution in [0.3, 0.4) is 0 Å². The van der Waals surface area contributed by atoms with Gasteiger partial charge < -0.3 is 9.84 Å². The van der Waals surface area contributed by atoms with Crippen LogP contribution in [-0.2, 0) is 14.3 Å². The summed E-state index contributed by atoms with van der Waals surface area (Å²) in [6.07, 6.45) is 37.8. The molecule has 0 spiro atoms. The van der Waals surface area contributed by atoms with E-state index in [9.17, 15) is 9.59 Å². The lowest BCUT2D eigenvalue weighted by atomic mass is 10.0. The number of hydrogen-bond donors (Lipinski definition) is 1. The summed E-state index contributed by atoms with van der Waals surface area (Å²) in [6, 6.07) is 0. The second kappa shape index (κ2) is 29.7. The average molecular weight is 533 g/mol. The molecule has 0 aliphatic heterocycles. The van der Waals surface area contributed by atoms with Crippen molar-refractivity contribution in [1.82, 2.24) is 0 Å². The summed E-state index contributed by atoms with van der Waals surface area (Å²) >= 11 is 0. The Morgan fingerprint density at radius 3 is 1.68 bits per heavy atom. The predicted octanol–water partition coefficient (Wildman–Crippen LogP) is 10.7. The maximum atomic E-state index is 12.3. The maximum Gasteiger partial charge on any atom is 0.306 e. The van der Waals surface area contributed by atoms with Gasteiger partial charge in [0.15, 0.2) is 0 Å². The van der Waals surface area contributed by atoms with E-state index in [-0.39, 0.29) is 12.1 Å². The van der Waals surface area contributed by atoms with Gasteiger partial charge in [-0.25, -0.2) is 0 Å². The molecule has 1 N–H and O–H groups in total. The Bertz CT molecular complexity index is 620. The van der Waals surface area contributed by atoms with Gasteiger partial charge in [0.1, 0.15) is 6.10 Å². The second-order valence-electron chi connectivity index (χ2n) is 10.6. The molecule has 0 fully saturated rings. The van der Waals surface area contributed by atoms with Gasteiger partial charge in [-0.05, 0) is 64.2 Å². The third-order valence-electron chi connectivity index (χ3n) is 6.86. The molecular formula is C34H60O4. The summed E-state index contributed by atoms with van der Waals surface area (Å²) in [5.41, 5.74) is 0.